The summed E-state index contributed by atoms with van der Waals surface area (Å²) in [5.74, 6) is -0.125. The van der Waals surface area contributed by atoms with Gasteiger partial charge in [-0.3, -0.25) is 4.98 Å². The largest absolute Gasteiger partial charge is 0.402 e. The second kappa shape index (κ2) is 5.61. The fraction of sp³-hybridized carbons (Fsp3) is 0.0625. The van der Waals surface area contributed by atoms with Crippen LogP contribution in [0.25, 0.3) is 6.08 Å². The number of aliphatic imine (C=N–C) groups is 1. The van der Waals surface area contributed by atoms with Crippen molar-refractivity contribution in [3.05, 3.63) is 69.6 Å². The number of ether oxygens (including phenoxy) is 1. The Kier molecular flexibility index (Phi) is 3.66. The molecule has 0 aliphatic carbocycles. The van der Waals surface area contributed by atoms with E-state index in [-0.39, 0.29) is 5.70 Å². The van der Waals surface area contributed by atoms with Crippen LogP contribution in [0.5, 0.6) is 0 Å². The van der Waals surface area contributed by atoms with Crippen LogP contribution in [0.15, 0.2) is 57.9 Å². The molecular formula is C16H11BrN2O2. The lowest BCUT2D eigenvalue weighted by Gasteiger charge is -2.02. The molecule has 0 saturated carbocycles. The topological polar surface area (TPSA) is 51.5 Å². The number of aromatic nitrogens is 1. The second-order valence-electron chi connectivity index (χ2n) is 4.59. The zero-order valence-electron chi connectivity index (χ0n) is 11.2. The molecule has 0 radical (unpaired) electrons. The van der Waals surface area contributed by atoms with Gasteiger partial charge < -0.3 is 4.74 Å². The van der Waals surface area contributed by atoms with Crippen molar-refractivity contribution in [2.24, 2.45) is 4.99 Å². The van der Waals surface area contributed by atoms with Crippen LogP contribution < -0.4 is 0 Å². The number of benzene rings is 1. The lowest BCUT2D eigenvalue weighted by Crippen LogP contribution is -2.05. The minimum Gasteiger partial charge on any atom is -0.402 e. The Morgan fingerprint density at radius 2 is 2.14 bits per heavy atom. The van der Waals surface area contributed by atoms with Gasteiger partial charge in [-0.2, -0.15) is 0 Å². The standard InChI is InChI=1S/C16H11BrN2O2/c1-10-7-12(4-5-13(10)17)15-19-14(16(20)21-15)8-11-3-2-6-18-9-11/h2-9H,1H3/b14-8-. The van der Waals surface area contributed by atoms with Gasteiger partial charge in [0, 0.05) is 22.4 Å². The summed E-state index contributed by atoms with van der Waals surface area (Å²) < 4.78 is 6.24. The summed E-state index contributed by atoms with van der Waals surface area (Å²) in [6, 6.07) is 9.34. The van der Waals surface area contributed by atoms with E-state index >= 15 is 0 Å². The van der Waals surface area contributed by atoms with Gasteiger partial charge in [0.2, 0.25) is 5.90 Å². The van der Waals surface area contributed by atoms with E-state index in [1.807, 2.05) is 31.2 Å². The fourth-order valence-corrected chi connectivity index (χ4v) is 2.18. The van der Waals surface area contributed by atoms with E-state index in [1.54, 1.807) is 24.5 Å². The number of halogens is 1. The minimum atomic E-state index is -0.450. The van der Waals surface area contributed by atoms with Crippen molar-refractivity contribution in [2.75, 3.05) is 0 Å². The number of rotatable bonds is 2. The molecule has 0 spiro atoms. The average molecular weight is 343 g/mol. The molecule has 0 amide bonds. The van der Waals surface area contributed by atoms with Gasteiger partial charge >= 0.3 is 5.97 Å². The summed E-state index contributed by atoms with van der Waals surface area (Å²) in [5.41, 5.74) is 2.91. The number of esters is 1. The number of nitrogens with zero attached hydrogens (tertiary/aromatic N) is 2. The Morgan fingerprint density at radius 1 is 1.29 bits per heavy atom. The summed E-state index contributed by atoms with van der Waals surface area (Å²) in [7, 11) is 0. The highest BCUT2D eigenvalue weighted by Crippen LogP contribution is 2.22. The smallest absolute Gasteiger partial charge is 0.363 e. The van der Waals surface area contributed by atoms with Crippen LogP contribution in [0.2, 0.25) is 0 Å². The van der Waals surface area contributed by atoms with E-state index in [9.17, 15) is 4.79 Å². The Hall–Kier alpha value is -2.27. The summed E-state index contributed by atoms with van der Waals surface area (Å²) in [6.07, 6.45) is 5.00. The average Bonchev–Trinajstić information content (AvgIpc) is 2.84. The molecule has 21 heavy (non-hydrogen) atoms. The number of hydrogen-bond donors (Lipinski definition) is 0. The molecule has 0 unspecified atom stereocenters. The molecule has 104 valence electrons. The van der Waals surface area contributed by atoms with Crippen molar-refractivity contribution >= 4 is 33.9 Å². The predicted octanol–water partition coefficient (Wildman–Crippen LogP) is 3.50. The molecule has 1 aliphatic heterocycles. The van der Waals surface area contributed by atoms with E-state index in [0.29, 0.717) is 5.90 Å². The van der Waals surface area contributed by atoms with Crippen LogP contribution in [0.1, 0.15) is 16.7 Å². The van der Waals surface area contributed by atoms with Crippen molar-refractivity contribution in [3.8, 4) is 0 Å². The van der Waals surface area contributed by atoms with Crippen LogP contribution in [-0.2, 0) is 9.53 Å². The molecule has 0 N–H and O–H groups in total. The molecule has 3 rings (SSSR count). The number of hydrogen-bond acceptors (Lipinski definition) is 4. The number of cyclic esters (lactones) is 1. The van der Waals surface area contributed by atoms with Crippen LogP contribution in [0.4, 0.5) is 0 Å². The molecule has 1 aromatic heterocycles. The summed E-state index contributed by atoms with van der Waals surface area (Å²) in [5, 5.41) is 0. The maximum absolute atomic E-state index is 11.9. The monoisotopic (exact) mass is 342 g/mol. The highest BCUT2D eigenvalue weighted by atomic mass is 79.9. The minimum absolute atomic E-state index is 0.276. The lowest BCUT2D eigenvalue weighted by molar-refractivity contribution is -0.129. The molecule has 1 aliphatic rings. The third-order valence-corrected chi connectivity index (χ3v) is 3.90. The van der Waals surface area contributed by atoms with E-state index < -0.39 is 5.97 Å². The maximum atomic E-state index is 11.9. The van der Waals surface area contributed by atoms with Crippen molar-refractivity contribution < 1.29 is 9.53 Å². The first-order chi connectivity index (χ1) is 10.1. The van der Waals surface area contributed by atoms with E-state index in [1.165, 1.54) is 0 Å². The Bertz CT molecular complexity index is 767. The molecule has 1 aromatic carbocycles. The third kappa shape index (κ3) is 2.92. The molecule has 2 aromatic rings. The predicted molar refractivity (Wildman–Crippen MR) is 83.7 cm³/mol. The normalized spacial score (nSPS) is 16.0. The number of carbonyl (C=O) groups excluding carboxylic acids is 1. The Morgan fingerprint density at radius 3 is 2.86 bits per heavy atom. The lowest BCUT2D eigenvalue weighted by atomic mass is 10.1. The van der Waals surface area contributed by atoms with Crippen molar-refractivity contribution in [2.45, 2.75) is 6.92 Å². The number of aryl methyl sites for hydroxylation is 1. The first kappa shape index (κ1) is 13.7. The zero-order chi connectivity index (χ0) is 14.8. The van der Waals surface area contributed by atoms with Crippen molar-refractivity contribution in [1.29, 1.82) is 0 Å². The molecular weight excluding hydrogens is 332 g/mol. The van der Waals surface area contributed by atoms with Gasteiger partial charge in [-0.1, -0.05) is 22.0 Å². The zero-order valence-corrected chi connectivity index (χ0v) is 12.8. The van der Waals surface area contributed by atoms with Crippen LogP contribution in [0, 0.1) is 6.92 Å². The maximum Gasteiger partial charge on any atom is 0.363 e. The SMILES string of the molecule is Cc1cc(C2=N/C(=C\c3cccnc3)C(=O)O2)ccc1Br. The van der Waals surface area contributed by atoms with Crippen LogP contribution in [0.3, 0.4) is 0 Å². The molecule has 0 saturated heterocycles. The number of pyridine rings is 1. The Labute approximate surface area is 130 Å². The van der Waals surface area contributed by atoms with Crippen molar-refractivity contribution in [3.63, 3.8) is 0 Å². The van der Waals surface area contributed by atoms with Gasteiger partial charge in [-0.25, -0.2) is 9.79 Å². The second-order valence-corrected chi connectivity index (χ2v) is 5.44. The van der Waals surface area contributed by atoms with E-state index in [4.69, 9.17) is 4.74 Å². The fourth-order valence-electron chi connectivity index (χ4n) is 1.93. The van der Waals surface area contributed by atoms with Crippen LogP contribution >= 0.6 is 15.9 Å². The third-order valence-electron chi connectivity index (χ3n) is 3.01. The highest BCUT2D eigenvalue weighted by molar-refractivity contribution is 9.10. The van der Waals surface area contributed by atoms with Gasteiger partial charge in [0.05, 0.1) is 0 Å². The van der Waals surface area contributed by atoms with Gasteiger partial charge in [0.25, 0.3) is 0 Å². The highest BCUT2D eigenvalue weighted by Gasteiger charge is 2.24. The summed E-state index contributed by atoms with van der Waals surface area (Å²) in [4.78, 5) is 20.1. The van der Waals surface area contributed by atoms with Gasteiger partial charge in [-0.15, -0.1) is 0 Å². The molecule has 4 nitrogen and oxygen atoms in total. The van der Waals surface area contributed by atoms with Gasteiger partial charge in [-0.05, 0) is 48.4 Å². The van der Waals surface area contributed by atoms with Crippen molar-refractivity contribution in [1.82, 2.24) is 4.98 Å². The van der Waals surface area contributed by atoms with Gasteiger partial charge in [0.15, 0.2) is 5.70 Å². The quantitative estimate of drug-likeness (QED) is 0.620. The van der Waals surface area contributed by atoms with E-state index in [2.05, 4.69) is 25.9 Å². The molecule has 0 fully saturated rings. The first-order valence-corrected chi connectivity index (χ1v) is 7.12. The number of carbonyl (C=O) groups is 1. The molecule has 2 heterocycles. The Balaban J connectivity index is 1.95. The van der Waals surface area contributed by atoms with E-state index in [0.717, 1.165) is 21.2 Å². The molecule has 5 heteroatoms. The summed E-state index contributed by atoms with van der Waals surface area (Å²) >= 11 is 3.44. The van der Waals surface area contributed by atoms with Crippen LogP contribution in [-0.4, -0.2) is 16.9 Å². The summed E-state index contributed by atoms with van der Waals surface area (Å²) in [6.45, 7) is 1.97. The first-order valence-electron chi connectivity index (χ1n) is 6.32. The van der Waals surface area contributed by atoms with Gasteiger partial charge in [0.1, 0.15) is 0 Å². The molecule has 0 atom stereocenters. The molecule has 0 bridgehead atoms.